The second-order valence-electron chi connectivity index (χ2n) is 2.94. The molecule has 5 nitrogen and oxygen atoms in total. The Hall–Kier alpha value is -1.36. The summed E-state index contributed by atoms with van der Waals surface area (Å²) in [6.07, 6.45) is 3.10. The van der Waals surface area contributed by atoms with E-state index in [1.807, 2.05) is 18.9 Å². The maximum Gasteiger partial charge on any atom is 0.149 e. The van der Waals surface area contributed by atoms with Crippen LogP contribution < -0.4 is 10.6 Å². The molecule has 0 spiro atoms. The third kappa shape index (κ3) is 2.29. The normalized spacial score (nSPS) is 12.5. The second-order valence-corrected chi connectivity index (χ2v) is 2.94. The average Bonchev–Trinajstić information content (AvgIpc) is 2.15. The highest BCUT2D eigenvalue weighted by atomic mass is 16.3. The number of aliphatic hydroxyl groups is 1. The van der Waals surface area contributed by atoms with Crippen molar-refractivity contribution < 1.29 is 5.11 Å². The minimum absolute atomic E-state index is 0.0103. The molecule has 72 valence electrons. The molecule has 0 amide bonds. The molecule has 1 aromatic heterocycles. The predicted octanol–water partition coefficient (Wildman–Crippen LogP) is -0.124. The Kier molecular flexibility index (Phi) is 3.02. The van der Waals surface area contributed by atoms with Crippen LogP contribution in [-0.4, -0.2) is 34.8 Å². The van der Waals surface area contributed by atoms with E-state index in [2.05, 4.69) is 9.97 Å². The molecule has 0 aliphatic heterocycles. The minimum atomic E-state index is 0.0103. The molecule has 0 fully saturated rings. The number of hydrogen-bond acceptors (Lipinski definition) is 5. The van der Waals surface area contributed by atoms with E-state index in [1.54, 1.807) is 6.20 Å². The fourth-order valence-corrected chi connectivity index (χ4v) is 0.889. The van der Waals surface area contributed by atoms with Crippen LogP contribution in [-0.2, 0) is 0 Å². The quantitative estimate of drug-likeness (QED) is 0.681. The monoisotopic (exact) mass is 182 g/mol. The van der Waals surface area contributed by atoms with E-state index in [0.717, 1.165) is 0 Å². The van der Waals surface area contributed by atoms with Gasteiger partial charge in [-0.1, -0.05) is 0 Å². The number of hydrogen-bond donors (Lipinski definition) is 2. The van der Waals surface area contributed by atoms with Crippen molar-refractivity contribution in [1.29, 1.82) is 0 Å². The lowest BCUT2D eigenvalue weighted by molar-refractivity contribution is 0.270. The topological polar surface area (TPSA) is 75.3 Å². The SMILES string of the molecule is CC(CO)N(C)c1cncc(N)n1. The van der Waals surface area contributed by atoms with Crippen LogP contribution in [0.5, 0.6) is 0 Å². The van der Waals surface area contributed by atoms with Gasteiger partial charge in [-0.2, -0.15) is 0 Å². The molecule has 0 saturated carbocycles. The molecule has 1 unspecified atom stereocenters. The average molecular weight is 182 g/mol. The van der Waals surface area contributed by atoms with Crippen LogP contribution in [0.2, 0.25) is 0 Å². The summed E-state index contributed by atoms with van der Waals surface area (Å²) in [4.78, 5) is 9.81. The highest BCUT2D eigenvalue weighted by Crippen LogP contribution is 2.10. The first-order valence-corrected chi connectivity index (χ1v) is 4.06. The van der Waals surface area contributed by atoms with Gasteiger partial charge in [0.05, 0.1) is 25.0 Å². The number of nitrogens with two attached hydrogens (primary N) is 1. The predicted molar refractivity (Wildman–Crippen MR) is 51.4 cm³/mol. The van der Waals surface area contributed by atoms with Crippen LogP contribution in [0.3, 0.4) is 0 Å². The summed E-state index contributed by atoms with van der Waals surface area (Å²) < 4.78 is 0. The van der Waals surface area contributed by atoms with Gasteiger partial charge in [0.15, 0.2) is 0 Å². The van der Waals surface area contributed by atoms with Gasteiger partial charge in [0, 0.05) is 7.05 Å². The summed E-state index contributed by atoms with van der Waals surface area (Å²) in [6, 6.07) is 0.0103. The van der Waals surface area contributed by atoms with Gasteiger partial charge in [-0.3, -0.25) is 4.98 Å². The van der Waals surface area contributed by atoms with Gasteiger partial charge in [-0.15, -0.1) is 0 Å². The van der Waals surface area contributed by atoms with Gasteiger partial charge in [-0.25, -0.2) is 4.98 Å². The Morgan fingerprint density at radius 2 is 2.31 bits per heavy atom. The third-order valence-corrected chi connectivity index (χ3v) is 1.93. The summed E-state index contributed by atoms with van der Waals surface area (Å²) in [6.45, 7) is 1.97. The van der Waals surface area contributed by atoms with Crippen LogP contribution in [0, 0.1) is 0 Å². The Morgan fingerprint density at radius 3 is 2.85 bits per heavy atom. The standard InChI is InChI=1S/C8H14N4O/c1-6(5-13)12(2)8-4-10-3-7(9)11-8/h3-4,6,13H,5H2,1-2H3,(H2,9,11). The summed E-state index contributed by atoms with van der Waals surface area (Å²) in [5.41, 5.74) is 5.48. The fourth-order valence-electron chi connectivity index (χ4n) is 0.889. The van der Waals surface area contributed by atoms with Crippen molar-refractivity contribution >= 4 is 11.6 Å². The summed E-state index contributed by atoms with van der Waals surface area (Å²) in [5, 5.41) is 8.91. The zero-order chi connectivity index (χ0) is 9.84. The molecule has 13 heavy (non-hydrogen) atoms. The number of anilines is 2. The molecule has 0 aromatic carbocycles. The maximum absolute atomic E-state index is 8.91. The lowest BCUT2D eigenvalue weighted by atomic mass is 10.3. The van der Waals surface area contributed by atoms with E-state index < -0.39 is 0 Å². The lowest BCUT2D eigenvalue weighted by Gasteiger charge is -2.23. The fraction of sp³-hybridized carbons (Fsp3) is 0.500. The van der Waals surface area contributed by atoms with Gasteiger partial charge in [0.2, 0.25) is 0 Å². The van der Waals surface area contributed by atoms with Gasteiger partial charge in [0.1, 0.15) is 11.6 Å². The van der Waals surface area contributed by atoms with Gasteiger partial charge >= 0.3 is 0 Å². The highest BCUT2D eigenvalue weighted by Gasteiger charge is 2.09. The number of aliphatic hydroxyl groups excluding tert-OH is 1. The van der Waals surface area contributed by atoms with E-state index in [4.69, 9.17) is 10.8 Å². The molecule has 1 heterocycles. The van der Waals surface area contributed by atoms with Crippen molar-refractivity contribution in [3.63, 3.8) is 0 Å². The molecular weight excluding hydrogens is 168 g/mol. The number of rotatable bonds is 3. The largest absolute Gasteiger partial charge is 0.394 e. The first-order valence-electron chi connectivity index (χ1n) is 4.06. The molecule has 0 aliphatic carbocycles. The molecule has 0 radical (unpaired) electrons. The van der Waals surface area contributed by atoms with Crippen molar-refractivity contribution in [3.05, 3.63) is 12.4 Å². The Balaban J connectivity index is 2.82. The molecule has 1 atom stereocenters. The summed E-state index contributed by atoms with van der Waals surface area (Å²) >= 11 is 0. The Morgan fingerprint density at radius 1 is 1.62 bits per heavy atom. The third-order valence-electron chi connectivity index (χ3n) is 1.93. The second kappa shape index (κ2) is 4.04. The lowest BCUT2D eigenvalue weighted by Crippen LogP contribution is -2.32. The first-order chi connectivity index (χ1) is 6.15. The van der Waals surface area contributed by atoms with Crippen molar-refractivity contribution in [3.8, 4) is 0 Å². The van der Waals surface area contributed by atoms with E-state index >= 15 is 0 Å². The number of likely N-dealkylation sites (N-methyl/N-ethyl adjacent to an activating group) is 1. The molecule has 0 bridgehead atoms. The number of aromatic nitrogens is 2. The van der Waals surface area contributed by atoms with Crippen LogP contribution in [0.1, 0.15) is 6.92 Å². The van der Waals surface area contributed by atoms with E-state index in [0.29, 0.717) is 11.6 Å². The van der Waals surface area contributed by atoms with Crippen LogP contribution >= 0.6 is 0 Å². The maximum atomic E-state index is 8.91. The van der Waals surface area contributed by atoms with Gasteiger partial charge in [-0.05, 0) is 6.92 Å². The van der Waals surface area contributed by atoms with Crippen molar-refractivity contribution in [2.24, 2.45) is 0 Å². The molecule has 0 aliphatic rings. The molecule has 1 rings (SSSR count). The Bertz CT molecular complexity index is 279. The summed E-state index contributed by atoms with van der Waals surface area (Å²) in [7, 11) is 1.84. The van der Waals surface area contributed by atoms with Gasteiger partial charge < -0.3 is 15.7 Å². The molecule has 0 saturated heterocycles. The van der Waals surface area contributed by atoms with Crippen LogP contribution in [0.25, 0.3) is 0 Å². The van der Waals surface area contributed by atoms with Gasteiger partial charge in [0.25, 0.3) is 0 Å². The van der Waals surface area contributed by atoms with Crippen molar-refractivity contribution in [1.82, 2.24) is 9.97 Å². The number of nitrogens with zero attached hydrogens (tertiary/aromatic N) is 3. The molecular formula is C8H14N4O. The van der Waals surface area contributed by atoms with Crippen LogP contribution in [0.15, 0.2) is 12.4 Å². The highest BCUT2D eigenvalue weighted by molar-refractivity contribution is 5.41. The molecule has 5 heteroatoms. The summed E-state index contributed by atoms with van der Waals surface area (Å²) in [5.74, 6) is 1.05. The van der Waals surface area contributed by atoms with E-state index in [-0.39, 0.29) is 12.6 Å². The van der Waals surface area contributed by atoms with Crippen molar-refractivity contribution in [2.75, 3.05) is 24.3 Å². The molecule has 3 N–H and O–H groups in total. The number of nitrogen functional groups attached to an aromatic ring is 1. The minimum Gasteiger partial charge on any atom is -0.394 e. The van der Waals surface area contributed by atoms with E-state index in [1.165, 1.54) is 6.20 Å². The zero-order valence-electron chi connectivity index (χ0n) is 7.81. The van der Waals surface area contributed by atoms with Crippen molar-refractivity contribution in [2.45, 2.75) is 13.0 Å². The van der Waals surface area contributed by atoms with E-state index in [9.17, 15) is 0 Å². The Labute approximate surface area is 77.2 Å². The van der Waals surface area contributed by atoms with Crippen LogP contribution in [0.4, 0.5) is 11.6 Å². The first kappa shape index (κ1) is 9.73. The smallest absolute Gasteiger partial charge is 0.149 e. The zero-order valence-corrected chi connectivity index (χ0v) is 7.81. The molecule has 1 aromatic rings.